The smallest absolute Gasteiger partial charge is 0.317 e. The van der Waals surface area contributed by atoms with Crippen LogP contribution in [0.1, 0.15) is 16.5 Å². The predicted molar refractivity (Wildman–Crippen MR) is 88.2 cm³/mol. The molecule has 0 aliphatic carbocycles. The van der Waals surface area contributed by atoms with Gasteiger partial charge in [-0.1, -0.05) is 29.8 Å². The SMILES string of the molecule is O=C(NCc1ccc(Cl)s1)N1CCOC(c2ccccc2F)C1. The van der Waals surface area contributed by atoms with Crippen LogP contribution in [0.5, 0.6) is 0 Å². The number of rotatable bonds is 3. The van der Waals surface area contributed by atoms with Crippen LogP contribution in [-0.4, -0.2) is 30.6 Å². The molecule has 0 bridgehead atoms. The molecule has 3 rings (SSSR count). The van der Waals surface area contributed by atoms with E-state index < -0.39 is 6.10 Å². The number of nitrogens with zero attached hydrogens (tertiary/aromatic N) is 1. The highest BCUT2D eigenvalue weighted by Gasteiger charge is 2.26. The number of benzene rings is 1. The lowest BCUT2D eigenvalue weighted by atomic mass is 10.1. The molecule has 2 aromatic rings. The summed E-state index contributed by atoms with van der Waals surface area (Å²) in [6, 6.07) is 10.00. The van der Waals surface area contributed by atoms with E-state index in [-0.39, 0.29) is 11.8 Å². The predicted octanol–water partition coefficient (Wildman–Crippen LogP) is 3.82. The zero-order valence-corrected chi connectivity index (χ0v) is 13.9. The molecule has 1 fully saturated rings. The minimum Gasteiger partial charge on any atom is -0.370 e. The van der Waals surface area contributed by atoms with E-state index in [0.717, 1.165) is 4.88 Å². The van der Waals surface area contributed by atoms with Gasteiger partial charge in [-0.15, -0.1) is 11.3 Å². The maximum atomic E-state index is 13.9. The highest BCUT2D eigenvalue weighted by molar-refractivity contribution is 7.16. The van der Waals surface area contributed by atoms with Crippen molar-refractivity contribution < 1.29 is 13.9 Å². The van der Waals surface area contributed by atoms with Crippen LogP contribution >= 0.6 is 22.9 Å². The quantitative estimate of drug-likeness (QED) is 0.910. The first-order chi connectivity index (χ1) is 11.1. The molecule has 0 spiro atoms. The van der Waals surface area contributed by atoms with E-state index in [1.54, 1.807) is 29.2 Å². The van der Waals surface area contributed by atoms with Gasteiger partial charge in [-0.25, -0.2) is 9.18 Å². The maximum absolute atomic E-state index is 13.9. The fourth-order valence-electron chi connectivity index (χ4n) is 2.48. The zero-order chi connectivity index (χ0) is 16.2. The van der Waals surface area contributed by atoms with Crippen molar-refractivity contribution in [2.45, 2.75) is 12.6 Å². The van der Waals surface area contributed by atoms with Crippen molar-refractivity contribution in [1.82, 2.24) is 10.2 Å². The number of thiophene rings is 1. The molecule has 2 amide bonds. The summed E-state index contributed by atoms with van der Waals surface area (Å²) in [5.41, 5.74) is 0.482. The average Bonchev–Trinajstić information content (AvgIpc) is 2.98. The minimum atomic E-state index is -0.438. The Morgan fingerprint density at radius 2 is 2.22 bits per heavy atom. The molecule has 1 aromatic heterocycles. The van der Waals surface area contributed by atoms with Gasteiger partial charge in [0.25, 0.3) is 0 Å². The van der Waals surface area contributed by atoms with E-state index in [2.05, 4.69) is 5.32 Å². The second kappa shape index (κ2) is 7.29. The summed E-state index contributed by atoms with van der Waals surface area (Å²) >= 11 is 7.30. The molecule has 1 atom stereocenters. The lowest BCUT2D eigenvalue weighted by Gasteiger charge is -2.33. The molecule has 7 heteroatoms. The number of morpholine rings is 1. The first-order valence-electron chi connectivity index (χ1n) is 7.26. The Morgan fingerprint density at radius 1 is 1.39 bits per heavy atom. The number of carbonyl (C=O) groups is 1. The van der Waals surface area contributed by atoms with E-state index in [4.69, 9.17) is 16.3 Å². The molecule has 4 nitrogen and oxygen atoms in total. The van der Waals surface area contributed by atoms with Crippen molar-refractivity contribution in [2.24, 2.45) is 0 Å². The Balaban J connectivity index is 1.59. The monoisotopic (exact) mass is 354 g/mol. The van der Waals surface area contributed by atoms with Gasteiger partial charge in [-0.05, 0) is 18.2 Å². The zero-order valence-electron chi connectivity index (χ0n) is 12.3. The van der Waals surface area contributed by atoms with E-state index >= 15 is 0 Å². The summed E-state index contributed by atoms with van der Waals surface area (Å²) in [6.45, 7) is 1.63. The van der Waals surface area contributed by atoms with Crippen LogP contribution < -0.4 is 5.32 Å². The minimum absolute atomic E-state index is 0.181. The van der Waals surface area contributed by atoms with Gasteiger partial charge >= 0.3 is 6.03 Å². The number of urea groups is 1. The van der Waals surface area contributed by atoms with Crippen molar-refractivity contribution in [3.63, 3.8) is 0 Å². The number of hydrogen-bond acceptors (Lipinski definition) is 3. The molecule has 1 aromatic carbocycles. The molecule has 2 heterocycles. The molecule has 1 aliphatic rings. The fraction of sp³-hybridized carbons (Fsp3) is 0.312. The Kier molecular flexibility index (Phi) is 5.15. The molecule has 23 heavy (non-hydrogen) atoms. The second-order valence-electron chi connectivity index (χ2n) is 5.19. The first-order valence-corrected chi connectivity index (χ1v) is 8.46. The van der Waals surface area contributed by atoms with Crippen LogP contribution in [0.3, 0.4) is 0 Å². The maximum Gasteiger partial charge on any atom is 0.317 e. The second-order valence-corrected chi connectivity index (χ2v) is 6.99. The van der Waals surface area contributed by atoms with Crippen molar-refractivity contribution in [2.75, 3.05) is 19.7 Å². The highest BCUT2D eigenvalue weighted by Crippen LogP contribution is 2.25. The van der Waals surface area contributed by atoms with Crippen LogP contribution in [0.4, 0.5) is 9.18 Å². The Hall–Kier alpha value is -1.63. The Labute approximate surface area is 142 Å². The summed E-state index contributed by atoms with van der Waals surface area (Å²) in [6.07, 6.45) is -0.438. The molecular formula is C16H16ClFN2O2S. The third-order valence-corrected chi connectivity index (χ3v) is 4.88. The highest BCUT2D eigenvalue weighted by atomic mass is 35.5. The number of carbonyl (C=O) groups excluding carboxylic acids is 1. The lowest BCUT2D eigenvalue weighted by molar-refractivity contribution is -0.0171. The van der Waals surface area contributed by atoms with Gasteiger partial charge in [0.1, 0.15) is 11.9 Å². The summed E-state index contributed by atoms with van der Waals surface area (Å²) in [4.78, 5) is 14.9. The summed E-state index contributed by atoms with van der Waals surface area (Å²) in [7, 11) is 0. The topological polar surface area (TPSA) is 41.6 Å². The molecule has 1 unspecified atom stereocenters. The third-order valence-electron chi connectivity index (χ3n) is 3.65. The number of halogens is 2. The van der Waals surface area contributed by atoms with E-state index in [1.165, 1.54) is 17.4 Å². The largest absolute Gasteiger partial charge is 0.370 e. The van der Waals surface area contributed by atoms with Crippen LogP contribution in [-0.2, 0) is 11.3 Å². The van der Waals surface area contributed by atoms with Crippen LogP contribution in [0.2, 0.25) is 4.34 Å². The Bertz CT molecular complexity index is 694. The van der Waals surface area contributed by atoms with Gasteiger partial charge in [-0.2, -0.15) is 0 Å². The standard InChI is InChI=1S/C16H16ClFN2O2S/c17-15-6-5-11(23-15)9-19-16(21)20-7-8-22-14(10-20)12-3-1-2-4-13(12)18/h1-6,14H,7-10H2,(H,19,21). The van der Waals surface area contributed by atoms with Gasteiger partial charge < -0.3 is 15.0 Å². The number of ether oxygens (including phenoxy) is 1. The van der Waals surface area contributed by atoms with Gasteiger partial charge in [0.05, 0.1) is 24.0 Å². The van der Waals surface area contributed by atoms with Gasteiger partial charge in [0.2, 0.25) is 0 Å². The molecular weight excluding hydrogens is 339 g/mol. The summed E-state index contributed by atoms with van der Waals surface area (Å²) < 4.78 is 20.2. The number of hydrogen-bond donors (Lipinski definition) is 1. The summed E-state index contributed by atoms with van der Waals surface area (Å²) in [5, 5.41) is 2.86. The van der Waals surface area contributed by atoms with Crippen molar-refractivity contribution >= 4 is 29.0 Å². The average molecular weight is 355 g/mol. The Morgan fingerprint density at radius 3 is 2.96 bits per heavy atom. The van der Waals surface area contributed by atoms with Crippen LogP contribution in [0.15, 0.2) is 36.4 Å². The van der Waals surface area contributed by atoms with Gasteiger partial charge in [-0.3, -0.25) is 0 Å². The van der Waals surface area contributed by atoms with Crippen molar-refractivity contribution in [3.05, 3.63) is 57.0 Å². The van der Waals surface area contributed by atoms with Gasteiger partial charge in [0, 0.05) is 17.0 Å². The van der Waals surface area contributed by atoms with E-state index in [1.807, 2.05) is 6.07 Å². The van der Waals surface area contributed by atoms with E-state index in [9.17, 15) is 9.18 Å². The summed E-state index contributed by atoms with van der Waals surface area (Å²) in [5.74, 6) is -0.312. The molecule has 1 N–H and O–H groups in total. The lowest BCUT2D eigenvalue weighted by Crippen LogP contribution is -2.47. The molecule has 0 radical (unpaired) electrons. The number of amides is 2. The third kappa shape index (κ3) is 4.02. The number of nitrogens with one attached hydrogen (secondary N) is 1. The van der Waals surface area contributed by atoms with Crippen LogP contribution in [0, 0.1) is 5.82 Å². The van der Waals surface area contributed by atoms with Crippen molar-refractivity contribution in [3.8, 4) is 0 Å². The molecule has 1 aliphatic heterocycles. The van der Waals surface area contributed by atoms with E-state index in [0.29, 0.717) is 36.1 Å². The van der Waals surface area contributed by atoms with Gasteiger partial charge in [0.15, 0.2) is 0 Å². The first kappa shape index (κ1) is 16.2. The molecule has 122 valence electrons. The normalized spacial score (nSPS) is 18.0. The fourth-order valence-corrected chi connectivity index (χ4v) is 3.51. The van der Waals surface area contributed by atoms with Crippen molar-refractivity contribution in [1.29, 1.82) is 0 Å². The molecule has 0 saturated carbocycles. The van der Waals surface area contributed by atoms with Crippen LogP contribution in [0.25, 0.3) is 0 Å². The molecule has 1 saturated heterocycles.